The van der Waals surface area contributed by atoms with E-state index < -0.39 is 0 Å². The summed E-state index contributed by atoms with van der Waals surface area (Å²) in [5.74, 6) is 0. The number of hydrogen-bond donors (Lipinski definition) is 0. The molecule has 0 nitrogen and oxygen atoms in total. The Morgan fingerprint density at radius 1 is 0.357 bits per heavy atom. The average molecular weight is 722 g/mol. The summed E-state index contributed by atoms with van der Waals surface area (Å²) in [5.41, 5.74) is 0. The summed E-state index contributed by atoms with van der Waals surface area (Å²) in [5, 5.41) is 5.95. The van der Waals surface area contributed by atoms with Gasteiger partial charge in [-0.15, -0.1) is 0 Å². The van der Waals surface area contributed by atoms with E-state index in [9.17, 15) is 0 Å². The van der Waals surface area contributed by atoms with Crippen molar-refractivity contribution >= 4 is 120 Å². The Labute approximate surface area is 118 Å². The molecule has 0 aromatic carbocycles. The molecule has 0 N–H and O–H groups in total. The van der Waals surface area contributed by atoms with Crippen LogP contribution < -0.4 is 0 Å². The molecular formula is P8Se6. The molecule has 8 rings (SSSR count). The van der Waals surface area contributed by atoms with Crippen LogP contribution in [0, 0.1) is 0 Å². The first-order valence-electron chi connectivity index (χ1n) is 3.39. The zero-order chi connectivity index (χ0) is 8.86. The van der Waals surface area contributed by atoms with Gasteiger partial charge in [0.05, 0.1) is 0 Å². The van der Waals surface area contributed by atoms with Crippen molar-refractivity contribution in [2.24, 2.45) is 0 Å². The van der Waals surface area contributed by atoms with Crippen LogP contribution in [0.15, 0.2) is 0 Å². The number of rotatable bonds is 0. The molecule has 0 spiro atoms. The predicted molar refractivity (Wildman–Crippen MR) is 89.9 cm³/mol. The van der Waals surface area contributed by atoms with Crippen molar-refractivity contribution in [2.75, 3.05) is 0 Å². The average Bonchev–Trinajstić information content (AvgIpc) is 2.92. The monoisotopic (exact) mass is 727 g/mol. The molecule has 14 heteroatoms. The van der Waals surface area contributed by atoms with Crippen molar-refractivity contribution in [2.45, 2.75) is 0 Å². The van der Waals surface area contributed by atoms with Crippen LogP contribution in [0.5, 0.6) is 0 Å². The van der Waals surface area contributed by atoms with E-state index in [1.165, 1.54) is 81.5 Å². The molecule has 0 fully saturated rings. The van der Waals surface area contributed by atoms with Crippen molar-refractivity contribution < 1.29 is 0 Å². The van der Waals surface area contributed by atoms with Gasteiger partial charge in [0.1, 0.15) is 0 Å². The second-order valence-corrected chi connectivity index (χ2v) is 119. The van der Waals surface area contributed by atoms with Crippen LogP contribution in [-0.4, -0.2) is 81.5 Å². The Kier molecular flexibility index (Phi) is 3.89. The van der Waals surface area contributed by atoms with Crippen molar-refractivity contribution in [1.82, 2.24) is 0 Å². The molecule has 0 unspecified atom stereocenters. The van der Waals surface area contributed by atoms with Gasteiger partial charge in [-0.2, -0.15) is 0 Å². The van der Waals surface area contributed by atoms with Crippen molar-refractivity contribution in [3.05, 3.63) is 0 Å². The minimum atomic E-state index is 0.942. The second kappa shape index (κ2) is 4.50. The van der Waals surface area contributed by atoms with Crippen LogP contribution in [0.1, 0.15) is 0 Å². The Hall–Kier alpha value is 5.52. The van der Waals surface area contributed by atoms with Crippen LogP contribution in [-0.2, 0) is 0 Å². The summed E-state index contributed by atoms with van der Waals surface area (Å²) in [4.78, 5) is 0. The molecular weight excluding hydrogens is 722 g/mol. The van der Waals surface area contributed by atoms with E-state index in [0.717, 1.165) is 38.7 Å². The standard InChI is InChI=1S/2P4Se3/c2*5-1-2-3(1)7-4(5)6-2. The molecule has 0 saturated carbocycles. The Balaban J connectivity index is 0.0000000771. The maximum absolute atomic E-state index is 1.38. The van der Waals surface area contributed by atoms with E-state index in [-0.39, 0.29) is 0 Å². The first-order chi connectivity index (χ1) is 6.90. The normalized spacial score (nSPS) is 24.0. The van der Waals surface area contributed by atoms with Crippen molar-refractivity contribution in [3.63, 3.8) is 0 Å². The molecule has 8 aromatic rings. The second-order valence-electron chi connectivity index (χ2n) is 2.45. The minimum absolute atomic E-state index is 0.942. The van der Waals surface area contributed by atoms with Gasteiger partial charge >= 0.3 is 120 Å². The molecule has 0 radical (unpaired) electrons. The Bertz CT molecular complexity index is 644. The quantitative estimate of drug-likeness (QED) is 0.202. The first kappa shape index (κ1) is 12.1. The van der Waals surface area contributed by atoms with Crippen molar-refractivity contribution in [1.29, 1.82) is 0 Å². The molecule has 76 valence electrons. The van der Waals surface area contributed by atoms with E-state index in [0.29, 0.717) is 0 Å². The number of hydrogen-bond acceptors (Lipinski definition) is 0. The van der Waals surface area contributed by atoms with Gasteiger partial charge in [0.15, 0.2) is 0 Å². The third kappa shape index (κ3) is 1.95. The van der Waals surface area contributed by atoms with E-state index in [2.05, 4.69) is 0 Å². The molecule has 0 aliphatic heterocycles. The Morgan fingerprint density at radius 2 is 0.571 bits per heavy atom. The van der Waals surface area contributed by atoms with Gasteiger partial charge in [-0.3, -0.25) is 0 Å². The topological polar surface area (TPSA) is 0 Å². The Morgan fingerprint density at radius 3 is 0.643 bits per heavy atom. The van der Waals surface area contributed by atoms with Gasteiger partial charge in [0.25, 0.3) is 0 Å². The maximum atomic E-state index is 1.38. The van der Waals surface area contributed by atoms with Crippen LogP contribution in [0.2, 0.25) is 0 Å². The fraction of sp³-hybridized carbons (Fsp3) is 0. The summed E-state index contributed by atoms with van der Waals surface area (Å²) in [7, 11) is 0. The predicted octanol–water partition coefficient (Wildman–Crippen LogP) is 4.60. The molecule has 0 amide bonds. The SMILES string of the molecule is [se]1p2[se]p3p1p3[se]2.[se]1p2[se]p3p1p3[se]2. The third-order valence-corrected chi connectivity index (χ3v) is 274. The van der Waals surface area contributed by atoms with Gasteiger partial charge in [0, 0.05) is 0 Å². The molecule has 8 bridgehead atoms. The van der Waals surface area contributed by atoms with Gasteiger partial charge < -0.3 is 0 Å². The van der Waals surface area contributed by atoms with Crippen LogP contribution >= 0.6 is 38.7 Å². The zero-order valence-corrected chi connectivity index (χ0v) is 23.5. The van der Waals surface area contributed by atoms with Gasteiger partial charge in [-0.1, -0.05) is 0 Å². The fourth-order valence-corrected chi connectivity index (χ4v) is 645. The summed E-state index contributed by atoms with van der Waals surface area (Å²) in [6.07, 6.45) is 0. The molecule has 8 aromatic heterocycles. The van der Waals surface area contributed by atoms with Gasteiger partial charge in [-0.25, -0.2) is 0 Å². The molecule has 0 aliphatic rings. The van der Waals surface area contributed by atoms with E-state index in [4.69, 9.17) is 0 Å². The summed E-state index contributed by atoms with van der Waals surface area (Å²) in [6, 6.07) is 0. The molecule has 0 aliphatic carbocycles. The molecule has 0 saturated heterocycles. The first-order valence-corrected chi connectivity index (χ1v) is 45.0. The van der Waals surface area contributed by atoms with Crippen LogP contribution in [0.3, 0.4) is 0 Å². The molecule has 14 heavy (non-hydrogen) atoms. The summed E-state index contributed by atoms with van der Waals surface area (Å²) in [6.45, 7) is 0. The van der Waals surface area contributed by atoms with E-state index in [1.807, 2.05) is 0 Å². The van der Waals surface area contributed by atoms with E-state index in [1.54, 1.807) is 0 Å². The molecule has 0 atom stereocenters. The van der Waals surface area contributed by atoms with Crippen LogP contribution in [0.4, 0.5) is 0 Å². The van der Waals surface area contributed by atoms with Crippen molar-refractivity contribution in [3.8, 4) is 0 Å². The fourth-order valence-electron chi connectivity index (χ4n) is 1.01. The van der Waals surface area contributed by atoms with Gasteiger partial charge in [-0.05, 0) is 0 Å². The van der Waals surface area contributed by atoms with Gasteiger partial charge in [0.2, 0.25) is 0 Å². The molecule has 8 heterocycles. The third-order valence-electron chi connectivity index (χ3n) is 1.66. The summed E-state index contributed by atoms with van der Waals surface area (Å²) < 4.78 is 1.88. The zero-order valence-electron chi connectivity index (χ0n) is 6.03. The van der Waals surface area contributed by atoms with Crippen LogP contribution in [0.25, 0.3) is 0 Å². The van der Waals surface area contributed by atoms with E-state index >= 15 is 0 Å². The summed E-state index contributed by atoms with van der Waals surface area (Å²) >= 11 is 8.26.